The minimum atomic E-state index is -0.835. The fourth-order valence-corrected chi connectivity index (χ4v) is 2.66. The number of hydrogen-bond donors (Lipinski definition) is 1. The Morgan fingerprint density at radius 1 is 1.12 bits per heavy atom. The van der Waals surface area contributed by atoms with Gasteiger partial charge in [0.1, 0.15) is 34.7 Å². The first kappa shape index (κ1) is 17.2. The molecular formula is C17H19F2N5O. The normalized spacial score (nSPS) is 15.3. The molecule has 6 nitrogen and oxygen atoms in total. The lowest BCUT2D eigenvalue weighted by Crippen LogP contribution is -2.45. The molecule has 1 amide bonds. The van der Waals surface area contributed by atoms with Crippen molar-refractivity contribution in [2.24, 2.45) is 0 Å². The summed E-state index contributed by atoms with van der Waals surface area (Å²) >= 11 is 0. The second-order valence-corrected chi connectivity index (χ2v) is 6.00. The average molecular weight is 347 g/mol. The van der Waals surface area contributed by atoms with E-state index >= 15 is 0 Å². The number of hydrogen-bond acceptors (Lipinski definition) is 5. The van der Waals surface area contributed by atoms with Crippen LogP contribution in [0.15, 0.2) is 24.3 Å². The Kier molecular flexibility index (Phi) is 4.89. The van der Waals surface area contributed by atoms with Crippen LogP contribution in [0.5, 0.6) is 0 Å². The van der Waals surface area contributed by atoms with Crippen LogP contribution >= 0.6 is 0 Å². The molecule has 25 heavy (non-hydrogen) atoms. The number of likely N-dealkylation sites (N-methyl/N-ethyl adjacent to an activating group) is 1. The number of aromatic nitrogens is 2. The first-order valence-electron chi connectivity index (χ1n) is 7.98. The van der Waals surface area contributed by atoms with E-state index in [1.807, 2.05) is 7.05 Å². The molecule has 0 atom stereocenters. The van der Waals surface area contributed by atoms with Crippen molar-refractivity contribution in [2.75, 3.05) is 43.4 Å². The third-order valence-electron chi connectivity index (χ3n) is 4.09. The fourth-order valence-electron chi connectivity index (χ4n) is 2.66. The summed E-state index contributed by atoms with van der Waals surface area (Å²) in [6.45, 7) is 5.04. The molecule has 1 aromatic heterocycles. The molecule has 3 rings (SSSR count). The lowest BCUT2D eigenvalue weighted by atomic mass is 10.2. The summed E-state index contributed by atoms with van der Waals surface area (Å²) in [7, 11) is 2.05. The lowest BCUT2D eigenvalue weighted by Gasteiger charge is -2.33. The Balaban J connectivity index is 1.83. The molecule has 2 heterocycles. The van der Waals surface area contributed by atoms with E-state index in [1.165, 1.54) is 6.07 Å². The Labute approximate surface area is 144 Å². The molecule has 0 bridgehead atoms. The molecule has 132 valence electrons. The highest BCUT2D eigenvalue weighted by molar-refractivity contribution is 6.03. The SMILES string of the molecule is Cc1nc(C(=O)Nc2c(F)cccc2F)cc(N2CCN(C)CC2)n1. The molecule has 1 aliphatic rings. The molecular weight excluding hydrogens is 328 g/mol. The molecule has 1 aliphatic heterocycles. The van der Waals surface area contributed by atoms with Crippen LogP contribution in [0.2, 0.25) is 0 Å². The van der Waals surface area contributed by atoms with Crippen molar-refractivity contribution in [1.82, 2.24) is 14.9 Å². The van der Waals surface area contributed by atoms with Crippen LogP contribution in [-0.2, 0) is 0 Å². The number of halogens is 2. The number of para-hydroxylation sites is 1. The van der Waals surface area contributed by atoms with Crippen molar-refractivity contribution in [3.05, 3.63) is 47.4 Å². The van der Waals surface area contributed by atoms with E-state index in [9.17, 15) is 13.6 Å². The molecule has 0 aliphatic carbocycles. The van der Waals surface area contributed by atoms with E-state index < -0.39 is 23.2 Å². The van der Waals surface area contributed by atoms with Crippen molar-refractivity contribution in [3.63, 3.8) is 0 Å². The van der Waals surface area contributed by atoms with Gasteiger partial charge in [-0.1, -0.05) is 6.07 Å². The molecule has 0 unspecified atom stereocenters. The molecule has 1 N–H and O–H groups in total. The molecule has 0 spiro atoms. The van der Waals surface area contributed by atoms with Gasteiger partial charge in [0.05, 0.1) is 0 Å². The van der Waals surface area contributed by atoms with Gasteiger partial charge in [-0.2, -0.15) is 0 Å². The van der Waals surface area contributed by atoms with Gasteiger partial charge in [0, 0.05) is 32.2 Å². The van der Waals surface area contributed by atoms with Crippen LogP contribution in [0, 0.1) is 18.6 Å². The van der Waals surface area contributed by atoms with E-state index in [4.69, 9.17) is 0 Å². The Morgan fingerprint density at radius 3 is 2.40 bits per heavy atom. The van der Waals surface area contributed by atoms with Gasteiger partial charge in [-0.15, -0.1) is 0 Å². The minimum absolute atomic E-state index is 0.0732. The molecule has 0 radical (unpaired) electrons. The average Bonchev–Trinajstić information content (AvgIpc) is 2.58. The van der Waals surface area contributed by atoms with Gasteiger partial charge in [0.2, 0.25) is 0 Å². The first-order valence-corrected chi connectivity index (χ1v) is 7.98. The summed E-state index contributed by atoms with van der Waals surface area (Å²) in [4.78, 5) is 25.1. The van der Waals surface area contributed by atoms with Gasteiger partial charge in [-0.3, -0.25) is 4.79 Å². The highest BCUT2D eigenvalue weighted by atomic mass is 19.1. The van der Waals surface area contributed by atoms with E-state index in [0.717, 1.165) is 38.3 Å². The van der Waals surface area contributed by atoms with Gasteiger partial charge in [0.25, 0.3) is 5.91 Å². The molecule has 8 heteroatoms. The topological polar surface area (TPSA) is 61.4 Å². The lowest BCUT2D eigenvalue weighted by molar-refractivity contribution is 0.102. The van der Waals surface area contributed by atoms with Crippen molar-refractivity contribution < 1.29 is 13.6 Å². The number of benzene rings is 1. The summed E-state index contributed by atoms with van der Waals surface area (Å²) in [6, 6.07) is 4.95. The second kappa shape index (κ2) is 7.10. The van der Waals surface area contributed by atoms with Gasteiger partial charge in [0.15, 0.2) is 0 Å². The van der Waals surface area contributed by atoms with Crippen molar-refractivity contribution in [1.29, 1.82) is 0 Å². The maximum Gasteiger partial charge on any atom is 0.274 e. The molecule has 0 saturated carbocycles. The Morgan fingerprint density at radius 2 is 1.76 bits per heavy atom. The summed E-state index contributed by atoms with van der Waals surface area (Å²) in [6.07, 6.45) is 0. The number of amides is 1. The van der Waals surface area contributed by atoms with E-state index in [2.05, 4.69) is 25.1 Å². The van der Waals surface area contributed by atoms with Gasteiger partial charge in [-0.05, 0) is 26.1 Å². The van der Waals surface area contributed by atoms with E-state index in [-0.39, 0.29) is 5.69 Å². The van der Waals surface area contributed by atoms with Crippen LogP contribution in [0.4, 0.5) is 20.3 Å². The standard InChI is InChI=1S/C17H19F2N5O/c1-11-20-14(10-15(21-11)24-8-6-23(2)7-9-24)17(25)22-16-12(18)4-3-5-13(16)19/h3-5,10H,6-9H2,1-2H3,(H,22,25). The van der Waals surface area contributed by atoms with Crippen molar-refractivity contribution >= 4 is 17.4 Å². The maximum atomic E-state index is 13.7. The monoisotopic (exact) mass is 347 g/mol. The fraction of sp³-hybridized carbons (Fsp3) is 0.353. The molecule has 2 aromatic rings. The predicted molar refractivity (Wildman–Crippen MR) is 90.8 cm³/mol. The van der Waals surface area contributed by atoms with Gasteiger partial charge >= 0.3 is 0 Å². The highest BCUT2D eigenvalue weighted by Crippen LogP contribution is 2.20. The van der Waals surface area contributed by atoms with Crippen LogP contribution in [0.3, 0.4) is 0 Å². The first-order chi connectivity index (χ1) is 11.9. The summed E-state index contributed by atoms with van der Waals surface area (Å²) in [5, 5.41) is 2.25. The zero-order valence-corrected chi connectivity index (χ0v) is 14.1. The second-order valence-electron chi connectivity index (χ2n) is 6.00. The molecule has 1 fully saturated rings. The summed E-state index contributed by atoms with van der Waals surface area (Å²) in [5.41, 5.74) is -0.408. The number of rotatable bonds is 3. The number of nitrogens with zero attached hydrogens (tertiary/aromatic N) is 4. The van der Waals surface area contributed by atoms with Crippen LogP contribution in [0.25, 0.3) is 0 Å². The Hall–Kier alpha value is -2.61. The maximum absolute atomic E-state index is 13.7. The van der Waals surface area contributed by atoms with Gasteiger partial charge in [-0.25, -0.2) is 18.7 Å². The predicted octanol–water partition coefficient (Wildman–Crippen LogP) is 2.07. The minimum Gasteiger partial charge on any atom is -0.354 e. The van der Waals surface area contributed by atoms with E-state index in [0.29, 0.717) is 11.6 Å². The van der Waals surface area contributed by atoms with Crippen molar-refractivity contribution in [2.45, 2.75) is 6.92 Å². The third-order valence-corrected chi connectivity index (χ3v) is 4.09. The smallest absolute Gasteiger partial charge is 0.274 e. The number of anilines is 2. The summed E-state index contributed by atoms with van der Waals surface area (Å²) < 4.78 is 27.4. The number of aryl methyl sites for hydroxylation is 1. The number of carbonyl (C=O) groups is 1. The third kappa shape index (κ3) is 3.90. The molecule has 1 saturated heterocycles. The number of carbonyl (C=O) groups excluding carboxylic acids is 1. The zero-order chi connectivity index (χ0) is 18.0. The van der Waals surface area contributed by atoms with Crippen LogP contribution < -0.4 is 10.2 Å². The van der Waals surface area contributed by atoms with Crippen LogP contribution in [0.1, 0.15) is 16.3 Å². The van der Waals surface area contributed by atoms with Crippen molar-refractivity contribution in [3.8, 4) is 0 Å². The zero-order valence-electron chi connectivity index (χ0n) is 14.1. The highest BCUT2D eigenvalue weighted by Gasteiger charge is 2.20. The largest absolute Gasteiger partial charge is 0.354 e. The van der Waals surface area contributed by atoms with E-state index in [1.54, 1.807) is 13.0 Å². The Bertz CT molecular complexity index is 770. The number of nitrogens with one attached hydrogen (secondary N) is 1. The summed E-state index contributed by atoms with van der Waals surface area (Å²) in [5.74, 6) is -1.28. The molecule has 1 aromatic carbocycles. The van der Waals surface area contributed by atoms with Crippen LogP contribution in [-0.4, -0.2) is 54.0 Å². The van der Waals surface area contributed by atoms with Gasteiger partial charge < -0.3 is 15.1 Å². The number of piperazine rings is 1. The quantitative estimate of drug-likeness (QED) is 0.921.